The molecule has 0 aliphatic heterocycles. The van der Waals surface area contributed by atoms with E-state index in [4.69, 9.17) is 18.6 Å². The van der Waals surface area contributed by atoms with E-state index >= 15 is 0 Å². The van der Waals surface area contributed by atoms with Crippen LogP contribution in [0.1, 0.15) is 16.2 Å². The molecule has 138 valence electrons. The van der Waals surface area contributed by atoms with Gasteiger partial charge in [0.2, 0.25) is 5.75 Å². The molecule has 0 saturated heterocycles. The van der Waals surface area contributed by atoms with Gasteiger partial charge in [0.15, 0.2) is 16.2 Å². The number of H-pyrrole nitrogens is 1. The molecule has 8 heteroatoms. The largest absolute Gasteiger partial charge is 0.493 e. The number of hydrogen-bond donors (Lipinski definition) is 1. The van der Waals surface area contributed by atoms with Crippen molar-refractivity contribution < 1.29 is 23.4 Å². The number of hydrogen-bond acceptors (Lipinski definition) is 5. The molecule has 0 saturated carbocycles. The fourth-order valence-electron chi connectivity index (χ4n) is 2.81. The number of nitrogens with one attached hydrogen (secondary N) is 1. The summed E-state index contributed by atoms with van der Waals surface area (Å²) in [7, 11) is 6.34. The van der Waals surface area contributed by atoms with E-state index < -0.39 is 0 Å². The van der Waals surface area contributed by atoms with E-state index in [1.807, 2.05) is 6.07 Å². The Kier molecular flexibility index (Phi) is 5.13. The molecule has 1 amide bonds. The van der Waals surface area contributed by atoms with Crippen LogP contribution in [0.3, 0.4) is 0 Å². The normalized spacial score (nSPS) is 10.8. The second kappa shape index (κ2) is 7.33. The lowest BCUT2D eigenvalue weighted by Crippen LogP contribution is -2.26. The molecular weight excluding hydrogens is 404 g/mol. The number of nitrogens with zero attached hydrogens (tertiary/aromatic N) is 1. The summed E-state index contributed by atoms with van der Waals surface area (Å²) in [6, 6.07) is 7.17. The second-order valence-corrected chi connectivity index (χ2v) is 6.44. The SMILES string of the molecule is COc1cc2cc(C(=O)N(C)Cc3ccc(Br)o3)[nH]c2c(OC)c1OC. The van der Waals surface area contributed by atoms with Crippen LogP contribution in [0.5, 0.6) is 17.2 Å². The van der Waals surface area contributed by atoms with Gasteiger partial charge in [-0.25, -0.2) is 0 Å². The summed E-state index contributed by atoms with van der Waals surface area (Å²) in [6.45, 7) is 0.351. The summed E-state index contributed by atoms with van der Waals surface area (Å²) in [5.41, 5.74) is 1.10. The first-order valence-corrected chi connectivity index (χ1v) is 8.59. The zero-order valence-electron chi connectivity index (χ0n) is 14.9. The first kappa shape index (κ1) is 18.2. The molecule has 0 aliphatic carbocycles. The smallest absolute Gasteiger partial charge is 0.270 e. The number of ether oxygens (including phenoxy) is 3. The number of halogens is 1. The summed E-state index contributed by atoms with van der Waals surface area (Å²) in [4.78, 5) is 17.5. The lowest BCUT2D eigenvalue weighted by molar-refractivity contribution is 0.0770. The van der Waals surface area contributed by atoms with Gasteiger partial charge < -0.3 is 28.5 Å². The van der Waals surface area contributed by atoms with E-state index in [9.17, 15) is 4.79 Å². The highest BCUT2D eigenvalue weighted by Crippen LogP contribution is 2.43. The van der Waals surface area contributed by atoms with Gasteiger partial charge in [0.1, 0.15) is 11.5 Å². The van der Waals surface area contributed by atoms with Crippen molar-refractivity contribution in [2.24, 2.45) is 0 Å². The quantitative estimate of drug-likeness (QED) is 0.653. The van der Waals surface area contributed by atoms with Crippen LogP contribution < -0.4 is 14.2 Å². The lowest BCUT2D eigenvalue weighted by atomic mass is 10.2. The molecule has 3 aromatic rings. The minimum Gasteiger partial charge on any atom is -0.493 e. The number of carbonyl (C=O) groups is 1. The number of amides is 1. The van der Waals surface area contributed by atoms with E-state index in [-0.39, 0.29) is 5.91 Å². The number of benzene rings is 1. The van der Waals surface area contributed by atoms with Gasteiger partial charge in [0.25, 0.3) is 5.91 Å². The van der Waals surface area contributed by atoms with Gasteiger partial charge in [0.05, 0.1) is 33.4 Å². The standard InChI is InChI=1S/C18H19BrN2O5/c1-21(9-11-5-6-14(19)26-11)18(22)12-7-10-8-13(23-2)16(24-3)17(25-4)15(10)20-12/h5-8,20H,9H2,1-4H3. The molecule has 1 N–H and O–H groups in total. The van der Waals surface area contributed by atoms with Crippen molar-refractivity contribution in [3.63, 3.8) is 0 Å². The fraction of sp³-hybridized carbons (Fsp3) is 0.278. The van der Waals surface area contributed by atoms with E-state index in [1.54, 1.807) is 44.4 Å². The minimum atomic E-state index is -0.172. The van der Waals surface area contributed by atoms with Crippen LogP contribution >= 0.6 is 15.9 Å². The predicted octanol–water partition coefficient (Wildman–Crippen LogP) is 3.82. The van der Waals surface area contributed by atoms with Crippen molar-refractivity contribution in [2.45, 2.75) is 6.54 Å². The molecule has 0 spiro atoms. The van der Waals surface area contributed by atoms with E-state index in [1.165, 1.54) is 7.11 Å². The van der Waals surface area contributed by atoms with Crippen LogP contribution in [0.25, 0.3) is 10.9 Å². The van der Waals surface area contributed by atoms with E-state index in [2.05, 4.69) is 20.9 Å². The summed E-state index contributed by atoms with van der Waals surface area (Å²) in [6.07, 6.45) is 0. The van der Waals surface area contributed by atoms with Crippen LogP contribution in [0.15, 0.2) is 33.4 Å². The number of aromatic nitrogens is 1. The predicted molar refractivity (Wildman–Crippen MR) is 100 cm³/mol. The zero-order chi connectivity index (χ0) is 18.8. The zero-order valence-corrected chi connectivity index (χ0v) is 16.5. The Morgan fingerprint density at radius 3 is 2.46 bits per heavy atom. The molecule has 0 fully saturated rings. The van der Waals surface area contributed by atoms with E-state index in [0.717, 1.165) is 5.39 Å². The number of aromatic amines is 1. The minimum absolute atomic E-state index is 0.172. The molecule has 0 atom stereocenters. The maximum atomic E-state index is 12.8. The highest BCUT2D eigenvalue weighted by Gasteiger charge is 2.21. The number of furan rings is 1. The van der Waals surface area contributed by atoms with Crippen LogP contribution in [0, 0.1) is 0 Å². The van der Waals surface area contributed by atoms with Gasteiger partial charge in [-0.2, -0.15) is 0 Å². The Labute approximate surface area is 158 Å². The third-order valence-corrected chi connectivity index (χ3v) is 4.45. The maximum Gasteiger partial charge on any atom is 0.270 e. The van der Waals surface area contributed by atoms with Gasteiger partial charge in [0, 0.05) is 12.4 Å². The molecule has 1 aromatic carbocycles. The molecule has 2 aromatic heterocycles. The van der Waals surface area contributed by atoms with Crippen molar-refractivity contribution in [2.75, 3.05) is 28.4 Å². The lowest BCUT2D eigenvalue weighted by Gasteiger charge is -2.14. The van der Waals surface area contributed by atoms with E-state index in [0.29, 0.717) is 45.4 Å². The Hall–Kier alpha value is -2.61. The number of carbonyl (C=O) groups excluding carboxylic acids is 1. The molecular formula is C18H19BrN2O5. The second-order valence-electron chi connectivity index (χ2n) is 5.66. The Morgan fingerprint density at radius 2 is 1.88 bits per heavy atom. The van der Waals surface area contributed by atoms with Crippen molar-refractivity contribution in [3.8, 4) is 17.2 Å². The fourth-order valence-corrected chi connectivity index (χ4v) is 3.15. The Balaban J connectivity index is 1.96. The monoisotopic (exact) mass is 422 g/mol. The van der Waals surface area contributed by atoms with Crippen LogP contribution in [0.2, 0.25) is 0 Å². The first-order valence-electron chi connectivity index (χ1n) is 7.79. The molecule has 3 rings (SSSR count). The van der Waals surface area contributed by atoms with Crippen LogP contribution in [0.4, 0.5) is 0 Å². The number of rotatable bonds is 6. The van der Waals surface area contributed by atoms with Crippen molar-refractivity contribution in [3.05, 3.63) is 40.4 Å². The number of methoxy groups -OCH3 is 3. The van der Waals surface area contributed by atoms with Crippen molar-refractivity contribution >= 4 is 32.7 Å². The number of fused-ring (bicyclic) bond motifs is 1. The van der Waals surface area contributed by atoms with Crippen LogP contribution in [-0.2, 0) is 6.54 Å². The van der Waals surface area contributed by atoms with Gasteiger partial charge in [-0.15, -0.1) is 0 Å². The topological polar surface area (TPSA) is 76.9 Å². The molecule has 2 heterocycles. The van der Waals surface area contributed by atoms with Gasteiger partial charge in [-0.1, -0.05) is 0 Å². The van der Waals surface area contributed by atoms with Crippen molar-refractivity contribution in [1.82, 2.24) is 9.88 Å². The van der Waals surface area contributed by atoms with Crippen molar-refractivity contribution in [1.29, 1.82) is 0 Å². The third kappa shape index (κ3) is 3.24. The molecule has 0 unspecified atom stereocenters. The summed E-state index contributed by atoms with van der Waals surface area (Å²) in [5.74, 6) is 2.00. The summed E-state index contributed by atoms with van der Waals surface area (Å²) >= 11 is 3.26. The molecule has 7 nitrogen and oxygen atoms in total. The molecule has 26 heavy (non-hydrogen) atoms. The highest BCUT2D eigenvalue weighted by atomic mass is 79.9. The first-order chi connectivity index (χ1) is 12.5. The maximum absolute atomic E-state index is 12.8. The summed E-state index contributed by atoms with van der Waals surface area (Å²) in [5, 5.41) is 0.789. The van der Waals surface area contributed by atoms with Crippen LogP contribution in [-0.4, -0.2) is 44.2 Å². The average molecular weight is 423 g/mol. The molecule has 0 radical (unpaired) electrons. The van der Waals surface area contributed by atoms with Gasteiger partial charge >= 0.3 is 0 Å². The third-order valence-electron chi connectivity index (χ3n) is 4.02. The Bertz CT molecular complexity index is 947. The molecule has 0 bridgehead atoms. The average Bonchev–Trinajstić information content (AvgIpc) is 3.24. The summed E-state index contributed by atoms with van der Waals surface area (Å²) < 4.78 is 22.3. The van der Waals surface area contributed by atoms with Gasteiger partial charge in [-0.05, 0) is 40.2 Å². The molecule has 0 aliphatic rings. The van der Waals surface area contributed by atoms with Gasteiger partial charge in [-0.3, -0.25) is 4.79 Å². The highest BCUT2D eigenvalue weighted by molar-refractivity contribution is 9.10. The Morgan fingerprint density at radius 1 is 1.15 bits per heavy atom.